The Balaban J connectivity index is 1.74. The summed E-state index contributed by atoms with van der Waals surface area (Å²) in [4.78, 5) is 11.9. The quantitative estimate of drug-likeness (QED) is 0.808. The van der Waals surface area contributed by atoms with Crippen LogP contribution in [0.5, 0.6) is 5.75 Å². The van der Waals surface area contributed by atoms with Crippen molar-refractivity contribution in [2.75, 3.05) is 13.2 Å². The number of carbonyl (C=O) groups excluding carboxylic acids is 1. The second kappa shape index (κ2) is 7.85. The van der Waals surface area contributed by atoms with E-state index in [1.165, 1.54) is 5.56 Å². The molecule has 0 aliphatic carbocycles. The third-order valence-electron chi connectivity index (χ3n) is 3.31. The van der Waals surface area contributed by atoms with E-state index in [-0.39, 0.29) is 5.91 Å². The van der Waals surface area contributed by atoms with Gasteiger partial charge in [-0.3, -0.25) is 4.79 Å². The van der Waals surface area contributed by atoms with E-state index in [4.69, 9.17) is 16.3 Å². The molecule has 0 aliphatic rings. The van der Waals surface area contributed by atoms with Crippen LogP contribution < -0.4 is 10.1 Å². The molecular weight excluding hydrogens is 298 g/mol. The molecule has 0 bridgehead atoms. The van der Waals surface area contributed by atoms with Crippen molar-refractivity contribution >= 4 is 17.5 Å². The first-order valence-electron chi connectivity index (χ1n) is 7.33. The molecule has 0 atom stereocenters. The van der Waals surface area contributed by atoms with E-state index in [1.807, 2.05) is 12.1 Å². The largest absolute Gasteiger partial charge is 0.492 e. The number of hydrogen-bond donors (Lipinski definition) is 1. The predicted octanol–water partition coefficient (Wildman–Crippen LogP) is 4.27. The number of hydrogen-bond acceptors (Lipinski definition) is 2. The fraction of sp³-hybridized carbons (Fsp3) is 0.278. The van der Waals surface area contributed by atoms with Gasteiger partial charge in [0.15, 0.2) is 0 Å². The van der Waals surface area contributed by atoms with E-state index in [2.05, 4.69) is 31.3 Å². The summed E-state index contributed by atoms with van der Waals surface area (Å²) in [5, 5.41) is 3.43. The summed E-state index contributed by atoms with van der Waals surface area (Å²) in [5.74, 6) is 1.19. The van der Waals surface area contributed by atoms with Gasteiger partial charge in [-0.1, -0.05) is 37.6 Å². The van der Waals surface area contributed by atoms with Crippen LogP contribution in [0.2, 0.25) is 5.02 Å². The number of ether oxygens (including phenoxy) is 1. The van der Waals surface area contributed by atoms with Crippen molar-refractivity contribution in [2.45, 2.75) is 19.8 Å². The fourth-order valence-corrected chi connectivity index (χ4v) is 2.11. The van der Waals surface area contributed by atoms with Crippen LogP contribution in [0, 0.1) is 0 Å². The van der Waals surface area contributed by atoms with Gasteiger partial charge in [-0.05, 0) is 47.9 Å². The van der Waals surface area contributed by atoms with Crippen molar-refractivity contribution in [1.29, 1.82) is 0 Å². The van der Waals surface area contributed by atoms with Crippen LogP contribution in [0.1, 0.15) is 35.7 Å². The summed E-state index contributed by atoms with van der Waals surface area (Å²) < 4.78 is 5.61. The van der Waals surface area contributed by atoms with E-state index < -0.39 is 0 Å². The van der Waals surface area contributed by atoms with Crippen LogP contribution >= 0.6 is 11.6 Å². The van der Waals surface area contributed by atoms with E-state index in [1.54, 1.807) is 24.3 Å². The zero-order valence-electron chi connectivity index (χ0n) is 12.8. The maximum Gasteiger partial charge on any atom is 0.251 e. The highest BCUT2D eigenvalue weighted by Gasteiger charge is 2.04. The molecule has 116 valence electrons. The number of carbonyl (C=O) groups is 1. The minimum Gasteiger partial charge on any atom is -0.492 e. The zero-order valence-corrected chi connectivity index (χ0v) is 13.6. The molecule has 0 heterocycles. The Kier molecular flexibility index (Phi) is 5.84. The van der Waals surface area contributed by atoms with Gasteiger partial charge < -0.3 is 10.1 Å². The lowest BCUT2D eigenvalue weighted by atomic mass is 10.0. The van der Waals surface area contributed by atoms with Crippen molar-refractivity contribution in [3.05, 3.63) is 64.7 Å². The maximum absolute atomic E-state index is 11.9. The summed E-state index contributed by atoms with van der Waals surface area (Å²) >= 11 is 5.79. The van der Waals surface area contributed by atoms with Gasteiger partial charge in [0.25, 0.3) is 5.91 Å². The molecule has 4 heteroatoms. The lowest BCUT2D eigenvalue weighted by molar-refractivity contribution is 0.0947. The Morgan fingerprint density at radius 1 is 1.09 bits per heavy atom. The first kappa shape index (κ1) is 16.4. The summed E-state index contributed by atoms with van der Waals surface area (Å²) in [6.07, 6.45) is 0. The predicted molar refractivity (Wildman–Crippen MR) is 89.8 cm³/mol. The van der Waals surface area contributed by atoms with Crippen LogP contribution in [0.3, 0.4) is 0 Å². The average Bonchev–Trinajstić information content (AvgIpc) is 2.52. The minimum absolute atomic E-state index is 0.129. The Hall–Kier alpha value is -2.00. The van der Waals surface area contributed by atoms with E-state index in [9.17, 15) is 4.79 Å². The summed E-state index contributed by atoms with van der Waals surface area (Å²) in [5.41, 5.74) is 1.87. The summed E-state index contributed by atoms with van der Waals surface area (Å²) in [6, 6.07) is 14.8. The van der Waals surface area contributed by atoms with Crippen LogP contribution in [0.4, 0.5) is 0 Å². The first-order chi connectivity index (χ1) is 10.6. The number of amides is 1. The molecule has 2 aromatic rings. The van der Waals surface area contributed by atoms with E-state index in [0.29, 0.717) is 29.7 Å². The average molecular weight is 318 g/mol. The van der Waals surface area contributed by atoms with Gasteiger partial charge in [0.2, 0.25) is 0 Å². The SMILES string of the molecule is CC(C)c1ccc(OCCNC(=O)c2ccc(Cl)cc2)cc1. The lowest BCUT2D eigenvalue weighted by Crippen LogP contribution is -2.28. The topological polar surface area (TPSA) is 38.3 Å². The molecule has 0 fully saturated rings. The maximum atomic E-state index is 11.9. The number of benzene rings is 2. The van der Waals surface area contributed by atoms with Gasteiger partial charge >= 0.3 is 0 Å². The minimum atomic E-state index is -0.129. The molecule has 0 aliphatic heterocycles. The van der Waals surface area contributed by atoms with E-state index >= 15 is 0 Å². The van der Waals surface area contributed by atoms with Gasteiger partial charge in [0.1, 0.15) is 12.4 Å². The van der Waals surface area contributed by atoms with Gasteiger partial charge in [-0.15, -0.1) is 0 Å². The van der Waals surface area contributed by atoms with Crippen LogP contribution in [0.25, 0.3) is 0 Å². The molecular formula is C18H20ClNO2. The number of halogens is 1. The van der Waals surface area contributed by atoms with Crippen molar-refractivity contribution in [1.82, 2.24) is 5.32 Å². The molecule has 0 spiro atoms. The highest BCUT2D eigenvalue weighted by atomic mass is 35.5. The third kappa shape index (κ3) is 4.78. The standard InChI is InChI=1S/C18H20ClNO2/c1-13(2)14-5-9-17(10-6-14)22-12-11-20-18(21)15-3-7-16(19)8-4-15/h3-10,13H,11-12H2,1-2H3,(H,20,21). The van der Waals surface area contributed by atoms with Gasteiger partial charge in [0.05, 0.1) is 6.54 Å². The van der Waals surface area contributed by atoms with Crippen molar-refractivity contribution in [3.63, 3.8) is 0 Å². The van der Waals surface area contributed by atoms with Gasteiger partial charge in [-0.2, -0.15) is 0 Å². The third-order valence-corrected chi connectivity index (χ3v) is 3.56. The van der Waals surface area contributed by atoms with Crippen LogP contribution in [0.15, 0.2) is 48.5 Å². The molecule has 0 radical (unpaired) electrons. The first-order valence-corrected chi connectivity index (χ1v) is 7.70. The second-order valence-electron chi connectivity index (χ2n) is 5.33. The molecule has 1 amide bonds. The number of rotatable bonds is 6. The smallest absolute Gasteiger partial charge is 0.251 e. The van der Waals surface area contributed by atoms with Crippen LogP contribution in [-0.4, -0.2) is 19.1 Å². The normalized spacial score (nSPS) is 10.5. The summed E-state index contributed by atoms with van der Waals surface area (Å²) in [6.45, 7) is 5.19. The van der Waals surface area contributed by atoms with Gasteiger partial charge in [0, 0.05) is 10.6 Å². The molecule has 0 saturated heterocycles. The van der Waals surface area contributed by atoms with Crippen molar-refractivity contribution in [2.24, 2.45) is 0 Å². The Bertz CT molecular complexity index is 606. The molecule has 22 heavy (non-hydrogen) atoms. The molecule has 0 unspecified atom stereocenters. The second-order valence-corrected chi connectivity index (χ2v) is 5.77. The molecule has 3 nitrogen and oxygen atoms in total. The molecule has 2 aromatic carbocycles. The molecule has 2 rings (SSSR count). The molecule has 0 saturated carbocycles. The zero-order chi connectivity index (χ0) is 15.9. The monoisotopic (exact) mass is 317 g/mol. The van der Waals surface area contributed by atoms with Crippen molar-refractivity contribution in [3.8, 4) is 5.75 Å². The van der Waals surface area contributed by atoms with Gasteiger partial charge in [-0.25, -0.2) is 0 Å². The Morgan fingerprint density at radius 3 is 2.32 bits per heavy atom. The Morgan fingerprint density at radius 2 is 1.73 bits per heavy atom. The van der Waals surface area contributed by atoms with Crippen LogP contribution in [-0.2, 0) is 0 Å². The number of nitrogens with one attached hydrogen (secondary N) is 1. The fourth-order valence-electron chi connectivity index (χ4n) is 1.99. The highest BCUT2D eigenvalue weighted by molar-refractivity contribution is 6.30. The molecule has 0 aromatic heterocycles. The molecule has 1 N–H and O–H groups in total. The Labute approximate surface area is 136 Å². The highest BCUT2D eigenvalue weighted by Crippen LogP contribution is 2.18. The van der Waals surface area contributed by atoms with E-state index in [0.717, 1.165) is 5.75 Å². The van der Waals surface area contributed by atoms with Crippen molar-refractivity contribution < 1.29 is 9.53 Å². The lowest BCUT2D eigenvalue weighted by Gasteiger charge is -2.10. The summed E-state index contributed by atoms with van der Waals surface area (Å²) in [7, 11) is 0.